The third kappa shape index (κ3) is 2.49. The van der Waals surface area contributed by atoms with Crippen molar-refractivity contribution in [2.24, 2.45) is 5.92 Å². The van der Waals surface area contributed by atoms with Crippen LogP contribution in [0.5, 0.6) is 0 Å². The van der Waals surface area contributed by atoms with Gasteiger partial charge in [-0.3, -0.25) is 4.79 Å². The molecule has 2 aliphatic rings. The number of hydrogen-bond donors (Lipinski definition) is 1. The molecular formula is C13H21N5O. The number of aromatic nitrogens is 3. The number of carbonyl (C=O) groups is 1. The highest BCUT2D eigenvalue weighted by molar-refractivity contribution is 5.91. The number of hydrogen-bond acceptors (Lipinski definition) is 4. The SMILES string of the molecule is CCN(CC1CCC1)C(=O)c1cn(C2CNC2)nn1. The molecule has 0 spiro atoms. The summed E-state index contributed by atoms with van der Waals surface area (Å²) in [5.41, 5.74) is 0.480. The van der Waals surface area contributed by atoms with Gasteiger partial charge in [-0.2, -0.15) is 0 Å². The number of nitrogens with zero attached hydrogens (tertiary/aromatic N) is 4. The highest BCUT2D eigenvalue weighted by atomic mass is 16.2. The van der Waals surface area contributed by atoms with E-state index in [1.165, 1.54) is 19.3 Å². The van der Waals surface area contributed by atoms with Crippen LogP contribution in [0.2, 0.25) is 0 Å². The summed E-state index contributed by atoms with van der Waals surface area (Å²) < 4.78 is 1.81. The summed E-state index contributed by atoms with van der Waals surface area (Å²) in [5, 5.41) is 11.3. The Morgan fingerprint density at radius 3 is 2.84 bits per heavy atom. The molecule has 0 unspecified atom stereocenters. The topological polar surface area (TPSA) is 63.1 Å². The summed E-state index contributed by atoms with van der Waals surface area (Å²) in [5.74, 6) is 0.711. The molecule has 1 N–H and O–H groups in total. The number of rotatable bonds is 5. The van der Waals surface area contributed by atoms with Crippen molar-refractivity contribution in [2.45, 2.75) is 32.2 Å². The Bertz CT molecular complexity index is 450. The van der Waals surface area contributed by atoms with Crippen LogP contribution in [0.4, 0.5) is 0 Å². The van der Waals surface area contributed by atoms with Crippen LogP contribution in [0.25, 0.3) is 0 Å². The predicted molar refractivity (Wildman–Crippen MR) is 70.8 cm³/mol. The standard InChI is InChI=1S/C13H21N5O/c1-2-17(8-10-4-3-5-10)13(19)12-9-18(16-15-12)11-6-14-7-11/h9-11,14H,2-8H2,1H3. The molecule has 6 nitrogen and oxygen atoms in total. The lowest BCUT2D eigenvalue weighted by Gasteiger charge is -2.31. The van der Waals surface area contributed by atoms with Crippen LogP contribution in [0.15, 0.2) is 6.20 Å². The second-order valence-corrected chi connectivity index (χ2v) is 5.54. The fraction of sp³-hybridized carbons (Fsp3) is 0.769. The van der Waals surface area contributed by atoms with Gasteiger partial charge in [0.05, 0.1) is 12.2 Å². The molecule has 19 heavy (non-hydrogen) atoms. The molecule has 1 amide bonds. The molecule has 1 aliphatic heterocycles. The molecule has 1 aromatic rings. The van der Waals surface area contributed by atoms with Crippen LogP contribution in [-0.2, 0) is 0 Å². The molecular weight excluding hydrogens is 242 g/mol. The molecule has 1 saturated heterocycles. The van der Waals surface area contributed by atoms with Crippen LogP contribution >= 0.6 is 0 Å². The van der Waals surface area contributed by atoms with Crippen LogP contribution in [0.1, 0.15) is 42.7 Å². The average molecular weight is 263 g/mol. The van der Waals surface area contributed by atoms with Crippen molar-refractivity contribution in [3.05, 3.63) is 11.9 Å². The van der Waals surface area contributed by atoms with E-state index in [1.54, 1.807) is 10.9 Å². The second-order valence-electron chi connectivity index (χ2n) is 5.54. The molecule has 2 heterocycles. The third-order valence-corrected chi connectivity index (χ3v) is 4.24. The minimum absolute atomic E-state index is 0.0212. The van der Waals surface area contributed by atoms with E-state index in [2.05, 4.69) is 15.6 Å². The first kappa shape index (κ1) is 12.6. The van der Waals surface area contributed by atoms with Crippen LogP contribution in [0.3, 0.4) is 0 Å². The highest BCUT2D eigenvalue weighted by Crippen LogP contribution is 2.27. The maximum Gasteiger partial charge on any atom is 0.276 e. The summed E-state index contributed by atoms with van der Waals surface area (Å²) in [6, 6.07) is 0.357. The van der Waals surface area contributed by atoms with Crippen molar-refractivity contribution in [1.29, 1.82) is 0 Å². The zero-order valence-corrected chi connectivity index (χ0v) is 11.4. The molecule has 0 aromatic carbocycles. The lowest BCUT2D eigenvalue weighted by atomic mass is 9.85. The molecule has 0 bridgehead atoms. The van der Waals surface area contributed by atoms with E-state index in [4.69, 9.17) is 0 Å². The van der Waals surface area contributed by atoms with E-state index >= 15 is 0 Å². The van der Waals surface area contributed by atoms with Crippen molar-refractivity contribution in [1.82, 2.24) is 25.2 Å². The van der Waals surface area contributed by atoms with Crippen molar-refractivity contribution < 1.29 is 4.79 Å². The van der Waals surface area contributed by atoms with E-state index < -0.39 is 0 Å². The normalized spacial score (nSPS) is 19.8. The van der Waals surface area contributed by atoms with Gasteiger partial charge in [-0.25, -0.2) is 4.68 Å². The maximum atomic E-state index is 12.4. The zero-order chi connectivity index (χ0) is 13.2. The third-order valence-electron chi connectivity index (χ3n) is 4.24. The van der Waals surface area contributed by atoms with E-state index in [0.29, 0.717) is 17.7 Å². The van der Waals surface area contributed by atoms with Crippen LogP contribution < -0.4 is 5.32 Å². The Hall–Kier alpha value is -1.43. The van der Waals surface area contributed by atoms with Gasteiger partial charge in [0.1, 0.15) is 0 Å². The Balaban J connectivity index is 1.64. The minimum Gasteiger partial charge on any atom is -0.337 e. The lowest BCUT2D eigenvalue weighted by Crippen LogP contribution is -2.43. The molecule has 3 rings (SSSR count). The Morgan fingerprint density at radius 1 is 1.53 bits per heavy atom. The van der Waals surface area contributed by atoms with Gasteiger partial charge in [0.25, 0.3) is 5.91 Å². The fourth-order valence-corrected chi connectivity index (χ4v) is 2.52. The lowest BCUT2D eigenvalue weighted by molar-refractivity contribution is 0.0700. The van der Waals surface area contributed by atoms with Crippen molar-refractivity contribution >= 4 is 5.91 Å². The predicted octanol–water partition coefficient (Wildman–Crippen LogP) is 0.685. The highest BCUT2D eigenvalue weighted by Gasteiger charge is 2.26. The average Bonchev–Trinajstić information content (AvgIpc) is 2.74. The van der Waals surface area contributed by atoms with E-state index in [0.717, 1.165) is 26.2 Å². The van der Waals surface area contributed by atoms with Crippen LogP contribution in [0, 0.1) is 5.92 Å². The molecule has 2 fully saturated rings. The van der Waals surface area contributed by atoms with Crippen LogP contribution in [-0.4, -0.2) is 52.0 Å². The molecule has 1 aliphatic carbocycles. The first-order chi connectivity index (χ1) is 9.28. The van der Waals surface area contributed by atoms with Crippen molar-refractivity contribution in [3.8, 4) is 0 Å². The summed E-state index contributed by atoms with van der Waals surface area (Å²) in [6.45, 7) is 5.46. The molecule has 6 heteroatoms. The quantitative estimate of drug-likeness (QED) is 0.848. The van der Waals surface area contributed by atoms with Gasteiger partial charge in [0.15, 0.2) is 5.69 Å². The first-order valence-corrected chi connectivity index (χ1v) is 7.19. The molecule has 1 aromatic heterocycles. The van der Waals surface area contributed by atoms with Crippen molar-refractivity contribution in [2.75, 3.05) is 26.2 Å². The van der Waals surface area contributed by atoms with E-state index in [9.17, 15) is 4.79 Å². The number of nitrogens with one attached hydrogen (secondary N) is 1. The maximum absolute atomic E-state index is 12.4. The summed E-state index contributed by atoms with van der Waals surface area (Å²) >= 11 is 0. The van der Waals surface area contributed by atoms with Gasteiger partial charge in [-0.1, -0.05) is 11.6 Å². The largest absolute Gasteiger partial charge is 0.337 e. The van der Waals surface area contributed by atoms with Crippen molar-refractivity contribution in [3.63, 3.8) is 0 Å². The minimum atomic E-state index is 0.0212. The Morgan fingerprint density at radius 2 is 2.32 bits per heavy atom. The second kappa shape index (κ2) is 5.28. The summed E-state index contributed by atoms with van der Waals surface area (Å²) in [6.07, 6.45) is 5.60. The summed E-state index contributed by atoms with van der Waals surface area (Å²) in [7, 11) is 0. The molecule has 1 saturated carbocycles. The number of carbonyl (C=O) groups excluding carboxylic acids is 1. The fourth-order valence-electron chi connectivity index (χ4n) is 2.52. The smallest absolute Gasteiger partial charge is 0.276 e. The zero-order valence-electron chi connectivity index (χ0n) is 11.4. The van der Waals surface area contributed by atoms with E-state index in [-0.39, 0.29) is 5.91 Å². The van der Waals surface area contributed by atoms with Gasteiger partial charge < -0.3 is 10.2 Å². The first-order valence-electron chi connectivity index (χ1n) is 7.19. The van der Waals surface area contributed by atoms with Gasteiger partial charge in [0, 0.05) is 26.2 Å². The monoisotopic (exact) mass is 263 g/mol. The summed E-state index contributed by atoms with van der Waals surface area (Å²) in [4.78, 5) is 14.3. The molecule has 0 atom stereocenters. The van der Waals surface area contributed by atoms with Gasteiger partial charge in [-0.15, -0.1) is 5.10 Å². The molecule has 104 valence electrons. The molecule has 0 radical (unpaired) electrons. The Kier molecular flexibility index (Phi) is 3.50. The van der Waals surface area contributed by atoms with Gasteiger partial charge in [-0.05, 0) is 25.7 Å². The number of amides is 1. The Labute approximate surface area is 113 Å². The van der Waals surface area contributed by atoms with Gasteiger partial charge >= 0.3 is 0 Å². The van der Waals surface area contributed by atoms with Gasteiger partial charge in [0.2, 0.25) is 0 Å². The van der Waals surface area contributed by atoms with E-state index in [1.807, 2.05) is 11.8 Å².